The molecule has 0 bridgehead atoms. The number of hydrogen-bond acceptors (Lipinski definition) is 5. The largest absolute Gasteiger partial charge is 0.468 e. The van der Waals surface area contributed by atoms with E-state index < -0.39 is 19.9 Å². The molecular formula is C12H12ClNO5S2. The highest BCUT2D eigenvalue weighted by Gasteiger charge is 2.21. The van der Waals surface area contributed by atoms with Gasteiger partial charge in [-0.3, -0.25) is 0 Å². The van der Waals surface area contributed by atoms with Crippen LogP contribution in [-0.2, 0) is 26.4 Å². The van der Waals surface area contributed by atoms with Crippen molar-refractivity contribution in [2.75, 3.05) is 6.26 Å². The first-order chi connectivity index (χ1) is 9.70. The standard InChI is InChI=1S/C12H12ClNO5S2/c1-20(15,16)10-4-5-11(13)12(7-10)21(17,18)14-8-9-3-2-6-19-9/h2-7,14H,8H2,1H3. The molecule has 0 spiro atoms. The molecule has 0 radical (unpaired) electrons. The van der Waals surface area contributed by atoms with Crippen LogP contribution in [0.4, 0.5) is 0 Å². The maximum atomic E-state index is 12.2. The molecule has 0 unspecified atom stereocenters. The Morgan fingerprint density at radius 1 is 1.19 bits per heavy atom. The van der Waals surface area contributed by atoms with Gasteiger partial charge in [0.25, 0.3) is 0 Å². The van der Waals surface area contributed by atoms with Gasteiger partial charge in [0.2, 0.25) is 10.0 Å². The van der Waals surface area contributed by atoms with E-state index in [1.807, 2.05) is 0 Å². The fraction of sp³-hybridized carbons (Fsp3) is 0.167. The second kappa shape index (κ2) is 5.80. The van der Waals surface area contributed by atoms with Gasteiger partial charge in [-0.15, -0.1) is 0 Å². The maximum Gasteiger partial charge on any atom is 0.242 e. The number of benzene rings is 1. The van der Waals surface area contributed by atoms with E-state index in [2.05, 4.69) is 4.72 Å². The fourth-order valence-electron chi connectivity index (χ4n) is 1.58. The molecule has 114 valence electrons. The van der Waals surface area contributed by atoms with Crippen LogP contribution in [0.5, 0.6) is 0 Å². The zero-order valence-electron chi connectivity index (χ0n) is 10.9. The minimum atomic E-state index is -3.96. The third-order valence-corrected chi connectivity index (χ3v) is 5.63. The lowest BCUT2D eigenvalue weighted by Crippen LogP contribution is -2.23. The SMILES string of the molecule is CS(=O)(=O)c1ccc(Cl)c(S(=O)(=O)NCc2ccco2)c1. The van der Waals surface area contributed by atoms with Gasteiger partial charge in [0.15, 0.2) is 9.84 Å². The Bertz CT molecular complexity index is 842. The van der Waals surface area contributed by atoms with Crippen LogP contribution >= 0.6 is 11.6 Å². The lowest BCUT2D eigenvalue weighted by Gasteiger charge is -2.09. The number of hydrogen-bond donors (Lipinski definition) is 1. The molecule has 0 aliphatic carbocycles. The van der Waals surface area contributed by atoms with Gasteiger partial charge in [-0.05, 0) is 30.3 Å². The molecule has 9 heteroatoms. The van der Waals surface area contributed by atoms with Crippen LogP contribution in [0, 0.1) is 0 Å². The first-order valence-corrected chi connectivity index (χ1v) is 9.47. The lowest BCUT2D eigenvalue weighted by atomic mass is 10.4. The second-order valence-corrected chi connectivity index (χ2v) is 8.43. The van der Waals surface area contributed by atoms with Crippen LogP contribution < -0.4 is 4.72 Å². The zero-order valence-corrected chi connectivity index (χ0v) is 13.3. The normalized spacial score (nSPS) is 12.5. The topological polar surface area (TPSA) is 93.5 Å². The molecule has 21 heavy (non-hydrogen) atoms. The first-order valence-electron chi connectivity index (χ1n) is 5.72. The molecule has 6 nitrogen and oxygen atoms in total. The molecule has 1 aromatic carbocycles. The molecule has 0 atom stereocenters. The van der Waals surface area contributed by atoms with Gasteiger partial charge in [0.1, 0.15) is 10.7 Å². The molecule has 1 heterocycles. The van der Waals surface area contributed by atoms with Gasteiger partial charge in [0.05, 0.1) is 22.7 Å². The predicted octanol–water partition coefficient (Wildman–Crippen LogP) is 1.82. The summed E-state index contributed by atoms with van der Waals surface area (Å²) in [6, 6.07) is 6.75. The van der Waals surface area contributed by atoms with Crippen molar-refractivity contribution in [3.63, 3.8) is 0 Å². The summed E-state index contributed by atoms with van der Waals surface area (Å²) in [6.07, 6.45) is 2.41. The summed E-state index contributed by atoms with van der Waals surface area (Å²) < 4.78 is 54.7. The van der Waals surface area contributed by atoms with E-state index >= 15 is 0 Å². The second-order valence-electron chi connectivity index (χ2n) is 4.27. The van der Waals surface area contributed by atoms with Gasteiger partial charge in [-0.2, -0.15) is 0 Å². The van der Waals surface area contributed by atoms with Crippen molar-refractivity contribution in [3.05, 3.63) is 47.4 Å². The van der Waals surface area contributed by atoms with Crippen LogP contribution in [0.15, 0.2) is 50.8 Å². The van der Waals surface area contributed by atoms with E-state index in [0.29, 0.717) is 5.76 Å². The molecule has 1 aromatic heterocycles. The molecule has 2 rings (SSSR count). The number of halogens is 1. The van der Waals surface area contributed by atoms with Gasteiger partial charge in [-0.1, -0.05) is 11.6 Å². The fourth-order valence-corrected chi connectivity index (χ4v) is 3.82. The number of nitrogens with one attached hydrogen (secondary N) is 1. The summed E-state index contributed by atoms with van der Waals surface area (Å²) in [4.78, 5) is -0.413. The Morgan fingerprint density at radius 3 is 2.48 bits per heavy atom. The van der Waals surface area contributed by atoms with Gasteiger partial charge < -0.3 is 4.42 Å². The minimum Gasteiger partial charge on any atom is -0.468 e. The van der Waals surface area contributed by atoms with Crippen molar-refractivity contribution in [1.29, 1.82) is 0 Å². The van der Waals surface area contributed by atoms with E-state index in [-0.39, 0.29) is 21.4 Å². The summed E-state index contributed by atoms with van der Waals surface area (Å²) in [5, 5.41) is -0.0608. The molecule has 1 N–H and O–H groups in total. The Kier molecular flexibility index (Phi) is 4.43. The van der Waals surface area contributed by atoms with Crippen LogP contribution in [-0.4, -0.2) is 23.1 Å². The van der Waals surface area contributed by atoms with Crippen molar-refractivity contribution in [2.24, 2.45) is 0 Å². The lowest BCUT2D eigenvalue weighted by molar-refractivity contribution is 0.498. The van der Waals surface area contributed by atoms with E-state index in [1.54, 1.807) is 12.1 Å². The summed E-state index contributed by atoms with van der Waals surface area (Å²) >= 11 is 5.85. The Morgan fingerprint density at radius 2 is 1.90 bits per heavy atom. The highest BCUT2D eigenvalue weighted by Crippen LogP contribution is 2.24. The summed E-state index contributed by atoms with van der Waals surface area (Å²) in [5.41, 5.74) is 0. The van der Waals surface area contributed by atoms with Gasteiger partial charge in [-0.25, -0.2) is 21.6 Å². The third-order valence-electron chi connectivity index (χ3n) is 2.64. The molecular weight excluding hydrogens is 338 g/mol. The van der Waals surface area contributed by atoms with Crippen LogP contribution in [0.2, 0.25) is 5.02 Å². The smallest absolute Gasteiger partial charge is 0.242 e. The summed E-state index contributed by atoms with van der Waals surface area (Å²) in [7, 11) is -7.49. The van der Waals surface area contributed by atoms with Gasteiger partial charge in [0, 0.05) is 6.26 Å². The van der Waals surface area contributed by atoms with Crippen LogP contribution in [0.1, 0.15) is 5.76 Å². The number of sulfone groups is 1. The van der Waals surface area contributed by atoms with E-state index in [4.69, 9.17) is 16.0 Å². The highest BCUT2D eigenvalue weighted by atomic mass is 35.5. The molecule has 0 aliphatic rings. The van der Waals surface area contributed by atoms with Crippen LogP contribution in [0.25, 0.3) is 0 Å². The Labute approximate surface area is 127 Å². The monoisotopic (exact) mass is 349 g/mol. The maximum absolute atomic E-state index is 12.2. The van der Waals surface area contributed by atoms with Gasteiger partial charge >= 0.3 is 0 Å². The number of rotatable bonds is 5. The predicted molar refractivity (Wildman–Crippen MR) is 77.3 cm³/mol. The van der Waals surface area contributed by atoms with Crippen molar-refractivity contribution in [3.8, 4) is 0 Å². The van der Waals surface area contributed by atoms with Crippen molar-refractivity contribution in [2.45, 2.75) is 16.3 Å². The molecule has 0 fully saturated rings. The molecule has 0 amide bonds. The number of furan rings is 1. The third kappa shape index (κ3) is 3.85. The van der Waals surface area contributed by atoms with Crippen molar-refractivity contribution >= 4 is 31.5 Å². The van der Waals surface area contributed by atoms with E-state index in [0.717, 1.165) is 12.3 Å². The van der Waals surface area contributed by atoms with E-state index in [1.165, 1.54) is 18.4 Å². The van der Waals surface area contributed by atoms with Crippen molar-refractivity contribution in [1.82, 2.24) is 4.72 Å². The molecule has 0 saturated heterocycles. The van der Waals surface area contributed by atoms with E-state index in [9.17, 15) is 16.8 Å². The number of sulfonamides is 1. The molecule has 2 aromatic rings. The minimum absolute atomic E-state index is 0.0607. The average Bonchev–Trinajstić information content (AvgIpc) is 2.88. The summed E-state index contributed by atoms with van der Waals surface area (Å²) in [6.45, 7) is -0.0607. The van der Waals surface area contributed by atoms with Crippen molar-refractivity contribution < 1.29 is 21.3 Å². The van der Waals surface area contributed by atoms with Crippen LogP contribution in [0.3, 0.4) is 0 Å². The quantitative estimate of drug-likeness (QED) is 0.888. The molecule has 0 aliphatic heterocycles. The average molecular weight is 350 g/mol. The molecule has 0 saturated carbocycles. The summed E-state index contributed by atoms with van der Waals surface area (Å²) in [5.74, 6) is 0.425. The Hall–Kier alpha value is -1.35. The zero-order chi connectivity index (χ0) is 15.7. The Balaban J connectivity index is 2.35. The highest BCUT2D eigenvalue weighted by molar-refractivity contribution is 7.91. The first kappa shape index (κ1) is 16.0.